The van der Waals surface area contributed by atoms with Gasteiger partial charge in [-0.15, -0.1) is 0 Å². The molecule has 0 heterocycles. The number of aliphatic hydroxyl groups is 1. The number of rotatable bonds is 20. The Balaban J connectivity index is 0.000000404. The fourth-order valence-corrected chi connectivity index (χ4v) is 7.61. The summed E-state index contributed by atoms with van der Waals surface area (Å²) in [6.07, 6.45) is 0. The van der Waals surface area contributed by atoms with Gasteiger partial charge in [0.1, 0.15) is 19.8 Å². The number of carbonyl (C=O) groups excluding carboxylic acids is 3. The van der Waals surface area contributed by atoms with Gasteiger partial charge in [-0.2, -0.15) is 0 Å². The third kappa shape index (κ3) is 29.9. The number of alkyl halides is 1. The summed E-state index contributed by atoms with van der Waals surface area (Å²) in [5.74, 6) is 1.23. The molecule has 0 amide bonds. The molecular formula is C69H64BrCl3N4O17S. The lowest BCUT2D eigenvalue weighted by atomic mass is 10.2. The van der Waals surface area contributed by atoms with E-state index >= 15 is 0 Å². The highest BCUT2D eigenvalue weighted by Gasteiger charge is 2.15. The van der Waals surface area contributed by atoms with Gasteiger partial charge in [0.25, 0.3) is 5.24 Å². The minimum Gasteiger partial charge on any atom is -0.504 e. The molecule has 0 unspecified atom stereocenters. The number of carboxylic acids is 1. The van der Waals surface area contributed by atoms with E-state index in [-0.39, 0.29) is 17.1 Å². The first-order valence-corrected chi connectivity index (χ1v) is 31.7. The Hall–Kier alpha value is -10.3. The predicted molar refractivity (Wildman–Crippen MR) is 367 cm³/mol. The molecule has 8 rings (SSSR count). The van der Waals surface area contributed by atoms with Gasteiger partial charge in [-0.3, -0.25) is 4.79 Å². The average Bonchev–Trinajstić information content (AvgIpc) is 2.43. The number of aromatic hydroxyl groups is 1. The van der Waals surface area contributed by atoms with Crippen LogP contribution in [-0.2, 0) is 43.9 Å². The van der Waals surface area contributed by atoms with Crippen LogP contribution >= 0.6 is 48.9 Å². The van der Waals surface area contributed by atoms with Crippen LogP contribution in [0.1, 0.15) is 77.5 Å². The zero-order valence-corrected chi connectivity index (χ0v) is 56.8. The fraction of sp³-hybridized carbons (Fsp3) is 0.188. The van der Waals surface area contributed by atoms with Crippen LogP contribution in [-0.4, -0.2) is 91.4 Å². The number of hydrogen-bond acceptors (Lipinski definition) is 16. The van der Waals surface area contributed by atoms with E-state index in [2.05, 4.69) is 56.7 Å². The van der Waals surface area contributed by atoms with Crippen molar-refractivity contribution in [3.8, 4) is 46.0 Å². The van der Waals surface area contributed by atoms with Crippen molar-refractivity contribution in [3.63, 3.8) is 0 Å². The quantitative estimate of drug-likeness (QED) is 0.0278. The molecule has 0 aromatic heterocycles. The van der Waals surface area contributed by atoms with Crippen molar-refractivity contribution in [1.82, 2.24) is 0 Å². The maximum absolute atomic E-state index is 11.7. The number of aliphatic hydroxyl groups excluding tert-OH is 1. The molecule has 8 aromatic carbocycles. The maximum atomic E-state index is 11.7. The van der Waals surface area contributed by atoms with Crippen molar-refractivity contribution < 1.29 is 81.3 Å². The summed E-state index contributed by atoms with van der Waals surface area (Å²) in [5, 5.41) is 25.5. The number of nitrogens with zero attached hydrogens (tertiary/aromatic N) is 4. The van der Waals surface area contributed by atoms with Crippen LogP contribution in [0.5, 0.6) is 46.0 Å². The number of esters is 2. The molecule has 95 heavy (non-hydrogen) atoms. The van der Waals surface area contributed by atoms with E-state index < -0.39 is 32.4 Å². The lowest BCUT2D eigenvalue weighted by molar-refractivity contribution is 0.0516. The molecule has 0 aliphatic heterocycles. The maximum Gasteiger partial charge on any atom is 0.338 e. The number of aromatic carboxylic acids is 1. The molecular weight excluding hydrogens is 1380 g/mol. The first-order chi connectivity index (χ1) is 45.7. The minimum absolute atomic E-state index is 0.000508. The molecule has 3 N–H and O–H groups in total. The summed E-state index contributed by atoms with van der Waals surface area (Å²) in [6, 6.07) is 47.3. The Morgan fingerprint density at radius 2 is 0.716 bits per heavy atom. The van der Waals surface area contributed by atoms with Crippen LogP contribution in [0.3, 0.4) is 0 Å². The van der Waals surface area contributed by atoms with Gasteiger partial charge in [-0.25, -0.2) is 38.0 Å². The minimum atomic E-state index is -1.67. The molecule has 8 aromatic rings. The summed E-state index contributed by atoms with van der Waals surface area (Å²) in [5.41, 5.74) is 7.69. The van der Waals surface area contributed by atoms with Gasteiger partial charge in [0.15, 0.2) is 68.7 Å². The van der Waals surface area contributed by atoms with Crippen molar-refractivity contribution in [3.05, 3.63) is 260 Å². The Morgan fingerprint density at radius 1 is 0.442 bits per heavy atom. The number of benzene rings is 8. The molecule has 0 aliphatic carbocycles. The summed E-state index contributed by atoms with van der Waals surface area (Å²) < 4.78 is 56.3. The normalized spacial score (nSPS) is 9.44. The van der Waals surface area contributed by atoms with E-state index in [9.17, 15) is 24.3 Å². The van der Waals surface area contributed by atoms with Crippen molar-refractivity contribution in [2.24, 2.45) is 0 Å². The van der Waals surface area contributed by atoms with E-state index in [4.69, 9.17) is 94.9 Å². The number of carboxylic acid groups (broad SMARTS) is 1. The Labute approximate surface area is 575 Å². The molecule has 26 heteroatoms. The lowest BCUT2D eigenvalue weighted by Crippen LogP contribution is -2.05. The standard InChI is InChI=1S/C18H17NO4.C16H12ClNO3.C16H13NO4.C10H12O4.C8H6BrN.CH4O.Cl2OS/c1-4-22-18(20)14-7-10-16(17(11-14)21-3)23-12-13-5-8-15(19-2)9-6-13;1-18-13-6-3-11(4-7-13)10-21-14-8-5-12(16(17)19)9-15(14)20-2;1-17-13-6-3-11(4-7-13)10-21-14-8-5-12(16(18)19)9-15(14)20-2;1-3-14-10(12)7-4-5-8(11)9(6-7)13-2;1-10-8-4-2-7(6-9)3-5-8;1-2;1-4(2)3/h5-11H,4,12H2,1,3H3;3-9H,10H2,2H3;3-9H,10H2,2H3,(H,18,19);4-6,11H,3H2,1-2H3;2-5H,6H2;2H,1H3;. The SMILES string of the molecule is CCOC(=O)c1ccc(O)c(OC)c1.CO.O=S(Cl)Cl.[C-]#[N+]c1ccc(CBr)cc1.[C-]#[N+]c1ccc(COc2ccc(C(=O)Cl)cc2OC)cc1.[C-]#[N+]c1ccc(COc2ccc(C(=O)O)cc2OC)cc1.[C-]#[N+]c1ccc(COc2ccc(C(=O)OCC)cc2OC)cc1. The number of phenolic OH excluding ortho intramolecular Hbond substituents is 1. The molecule has 0 spiro atoms. The highest BCUT2D eigenvalue weighted by atomic mass is 79.9. The molecule has 0 bridgehead atoms. The van der Waals surface area contributed by atoms with Gasteiger partial charge in [0.05, 0.1) is 84.6 Å². The summed E-state index contributed by atoms with van der Waals surface area (Å²) in [4.78, 5) is 58.3. The van der Waals surface area contributed by atoms with E-state index in [1.807, 2.05) is 60.7 Å². The topological polar surface area (TPSA) is 247 Å². The average molecular weight is 1440 g/mol. The Kier molecular flexibility index (Phi) is 39.0. The predicted octanol–water partition coefficient (Wildman–Crippen LogP) is 17.1. The Morgan fingerprint density at radius 3 is 1.00 bits per heavy atom. The highest BCUT2D eigenvalue weighted by Crippen LogP contribution is 2.33. The summed E-state index contributed by atoms with van der Waals surface area (Å²) in [7, 11) is 14.2. The monoisotopic (exact) mass is 1440 g/mol. The van der Waals surface area contributed by atoms with Crippen molar-refractivity contribution in [2.45, 2.75) is 39.0 Å². The zero-order chi connectivity index (χ0) is 70.7. The van der Waals surface area contributed by atoms with E-state index in [1.165, 1.54) is 70.4 Å². The van der Waals surface area contributed by atoms with Gasteiger partial charge < -0.3 is 58.0 Å². The fourth-order valence-electron chi connectivity index (χ4n) is 7.12. The number of carbonyl (C=O) groups is 4. The van der Waals surface area contributed by atoms with E-state index in [0.29, 0.717) is 107 Å². The molecule has 0 saturated carbocycles. The van der Waals surface area contributed by atoms with Gasteiger partial charge in [0.2, 0.25) is 9.23 Å². The molecule has 0 aliphatic rings. The molecule has 0 fully saturated rings. The van der Waals surface area contributed by atoms with Gasteiger partial charge in [-0.1, -0.05) is 113 Å². The zero-order valence-electron chi connectivity index (χ0n) is 52.2. The van der Waals surface area contributed by atoms with Crippen LogP contribution < -0.4 is 33.2 Å². The second kappa shape index (κ2) is 45.8. The van der Waals surface area contributed by atoms with Crippen molar-refractivity contribution in [2.75, 3.05) is 48.8 Å². The van der Waals surface area contributed by atoms with Gasteiger partial charge >= 0.3 is 17.9 Å². The first kappa shape index (κ1) is 80.8. The number of hydrogen-bond donors (Lipinski definition) is 3. The third-order valence-corrected chi connectivity index (χ3v) is 12.6. The highest BCUT2D eigenvalue weighted by molar-refractivity contribution is 9.08. The van der Waals surface area contributed by atoms with Crippen LogP contribution in [0.4, 0.5) is 22.7 Å². The number of methoxy groups -OCH3 is 4. The Bertz CT molecular complexity index is 3810. The van der Waals surface area contributed by atoms with Crippen LogP contribution in [0.2, 0.25) is 0 Å². The summed E-state index contributed by atoms with van der Waals surface area (Å²) >= 11 is 8.75. The van der Waals surface area contributed by atoms with Crippen molar-refractivity contribution in [1.29, 1.82) is 0 Å². The molecule has 496 valence electrons. The molecule has 21 nitrogen and oxygen atoms in total. The van der Waals surface area contributed by atoms with Gasteiger partial charge in [0, 0.05) is 39.4 Å². The third-order valence-electron chi connectivity index (χ3n) is 11.8. The van der Waals surface area contributed by atoms with Crippen LogP contribution in [0.15, 0.2) is 170 Å². The second-order valence-corrected chi connectivity index (χ2v) is 21.2. The van der Waals surface area contributed by atoms with Crippen molar-refractivity contribution >= 4 is 104 Å². The summed E-state index contributed by atoms with van der Waals surface area (Å²) in [6.45, 7) is 32.5. The van der Waals surface area contributed by atoms with Gasteiger partial charge in [-0.05, 0) is 120 Å². The smallest absolute Gasteiger partial charge is 0.338 e. The molecule has 0 saturated heterocycles. The van der Waals surface area contributed by atoms with E-state index in [0.717, 1.165) is 29.1 Å². The van der Waals surface area contributed by atoms with Crippen LogP contribution in [0, 0.1) is 26.3 Å². The molecule has 0 atom stereocenters. The second-order valence-electron chi connectivity index (χ2n) is 17.8. The molecule has 0 radical (unpaired) electrons. The number of halogens is 4. The van der Waals surface area contributed by atoms with Crippen LogP contribution in [0.25, 0.3) is 19.4 Å². The lowest BCUT2D eigenvalue weighted by Gasteiger charge is -2.12. The number of phenols is 1. The first-order valence-electron chi connectivity index (χ1n) is 27.4. The largest absolute Gasteiger partial charge is 0.504 e. The van der Waals surface area contributed by atoms with E-state index in [1.54, 1.807) is 86.6 Å². The number of ether oxygens (including phenoxy) is 9.